The molecule has 214 valence electrons. The van der Waals surface area contributed by atoms with Gasteiger partial charge in [-0.15, -0.1) is 0 Å². The second kappa shape index (κ2) is 9.86. The van der Waals surface area contributed by atoms with Crippen LogP contribution in [0.1, 0.15) is 80.4 Å². The standard InChI is InChI=1S/C31H44N8O/c1-22-17-27(24-18-33-36(3)29(24)34-22)38-16-7-26-25(20-38)23(2)35-39(26)21-30-8-11-31(12-9-30,13-10-30)32-19-28(40)37-14-5-4-6-15-37/h17-18,32H,4-16,19-21H2,1-3H3. The maximum Gasteiger partial charge on any atom is 0.236 e. The third-order valence-corrected chi connectivity index (χ3v) is 10.7. The lowest BCUT2D eigenvalue weighted by Gasteiger charge is -2.54. The van der Waals surface area contributed by atoms with Crippen LogP contribution < -0.4 is 10.2 Å². The number of anilines is 1. The molecule has 40 heavy (non-hydrogen) atoms. The van der Waals surface area contributed by atoms with E-state index >= 15 is 0 Å². The van der Waals surface area contributed by atoms with Crippen molar-refractivity contribution in [3.8, 4) is 0 Å². The van der Waals surface area contributed by atoms with Crippen molar-refractivity contribution >= 4 is 22.6 Å². The van der Waals surface area contributed by atoms with Crippen LogP contribution in [0.3, 0.4) is 0 Å². The molecule has 0 radical (unpaired) electrons. The van der Waals surface area contributed by atoms with Crippen LogP contribution >= 0.6 is 0 Å². The zero-order valence-corrected chi connectivity index (χ0v) is 24.5. The first kappa shape index (κ1) is 26.0. The van der Waals surface area contributed by atoms with Crippen molar-refractivity contribution in [3.05, 3.63) is 34.9 Å². The highest BCUT2D eigenvalue weighted by atomic mass is 16.2. The quantitative estimate of drug-likeness (QED) is 0.504. The fraction of sp³-hybridized carbons (Fsp3) is 0.677. The molecule has 3 aromatic rings. The number of pyridine rings is 1. The Balaban J connectivity index is 1.02. The van der Waals surface area contributed by atoms with Crippen LogP contribution in [0.4, 0.5) is 5.69 Å². The molecule has 9 nitrogen and oxygen atoms in total. The Labute approximate surface area is 237 Å². The summed E-state index contributed by atoms with van der Waals surface area (Å²) in [6, 6.07) is 2.21. The molecule has 0 atom stereocenters. The smallest absolute Gasteiger partial charge is 0.236 e. The van der Waals surface area contributed by atoms with Gasteiger partial charge in [-0.1, -0.05) is 0 Å². The van der Waals surface area contributed by atoms with Crippen molar-refractivity contribution in [3.63, 3.8) is 0 Å². The summed E-state index contributed by atoms with van der Waals surface area (Å²) in [5, 5.41) is 14.5. The highest BCUT2D eigenvalue weighted by Crippen LogP contribution is 2.53. The van der Waals surface area contributed by atoms with Gasteiger partial charge < -0.3 is 15.1 Å². The monoisotopic (exact) mass is 544 g/mol. The average molecular weight is 545 g/mol. The Morgan fingerprint density at radius 3 is 2.52 bits per heavy atom. The van der Waals surface area contributed by atoms with Gasteiger partial charge in [-0.25, -0.2) is 4.98 Å². The van der Waals surface area contributed by atoms with Crippen molar-refractivity contribution in [2.45, 2.75) is 96.7 Å². The van der Waals surface area contributed by atoms with Gasteiger partial charge in [0.15, 0.2) is 5.65 Å². The third-order valence-electron chi connectivity index (χ3n) is 10.7. The van der Waals surface area contributed by atoms with Crippen LogP contribution in [0.25, 0.3) is 11.0 Å². The van der Waals surface area contributed by atoms with E-state index in [2.05, 4.69) is 44.8 Å². The van der Waals surface area contributed by atoms with Crippen molar-refractivity contribution in [1.29, 1.82) is 0 Å². The van der Waals surface area contributed by atoms with Gasteiger partial charge in [0.1, 0.15) is 0 Å². The van der Waals surface area contributed by atoms with Crippen molar-refractivity contribution in [1.82, 2.24) is 34.8 Å². The SMILES string of the molecule is Cc1cc(N2CCc3c(c(C)nn3CC34CCC(NCC(=O)N5CCCCC5)(CC3)CC4)C2)c2cnn(C)c2n1. The number of piperidine rings is 1. The van der Waals surface area contributed by atoms with Crippen LogP contribution in [0.5, 0.6) is 0 Å². The summed E-state index contributed by atoms with van der Waals surface area (Å²) in [5.74, 6) is 0.301. The van der Waals surface area contributed by atoms with Gasteiger partial charge >= 0.3 is 0 Å². The average Bonchev–Trinajstić information content (AvgIpc) is 3.51. The minimum Gasteiger partial charge on any atom is -0.366 e. The normalized spacial score (nSPS) is 26.5. The molecule has 3 saturated carbocycles. The molecule has 0 spiro atoms. The summed E-state index contributed by atoms with van der Waals surface area (Å²) in [4.78, 5) is 22.1. The van der Waals surface area contributed by atoms with Gasteiger partial charge in [-0.05, 0) is 83.1 Å². The van der Waals surface area contributed by atoms with E-state index in [0.29, 0.717) is 17.9 Å². The number of carbonyl (C=O) groups excluding carboxylic acids is 1. The fourth-order valence-corrected chi connectivity index (χ4v) is 8.08. The van der Waals surface area contributed by atoms with Gasteiger partial charge in [-0.2, -0.15) is 10.2 Å². The Kier molecular flexibility index (Phi) is 6.40. The number of nitrogens with one attached hydrogen (secondary N) is 1. The molecule has 3 aliphatic carbocycles. The molecule has 0 unspecified atom stereocenters. The minimum atomic E-state index is 0.160. The lowest BCUT2D eigenvalue weighted by Crippen LogP contribution is -2.58. The van der Waals surface area contributed by atoms with E-state index in [1.54, 1.807) is 0 Å². The van der Waals surface area contributed by atoms with E-state index in [0.717, 1.165) is 68.7 Å². The van der Waals surface area contributed by atoms with Gasteiger partial charge in [0.25, 0.3) is 0 Å². The molecule has 5 aliphatic rings. The summed E-state index contributed by atoms with van der Waals surface area (Å²) in [6.45, 7) is 9.56. The molecule has 2 aliphatic heterocycles. The van der Waals surface area contributed by atoms with Crippen LogP contribution in [-0.2, 0) is 31.4 Å². The van der Waals surface area contributed by atoms with Gasteiger partial charge in [-0.3, -0.25) is 14.2 Å². The topological polar surface area (TPSA) is 84.1 Å². The van der Waals surface area contributed by atoms with Crippen LogP contribution in [0.2, 0.25) is 0 Å². The molecule has 9 heteroatoms. The first-order valence-corrected chi connectivity index (χ1v) is 15.5. The number of hydrogen-bond acceptors (Lipinski definition) is 6. The molecule has 1 amide bonds. The highest BCUT2D eigenvalue weighted by molar-refractivity contribution is 5.89. The van der Waals surface area contributed by atoms with Crippen molar-refractivity contribution in [2.75, 3.05) is 31.1 Å². The van der Waals surface area contributed by atoms with Gasteiger partial charge in [0.05, 0.1) is 29.5 Å². The number of hydrogen-bond donors (Lipinski definition) is 1. The number of carbonyl (C=O) groups is 1. The molecule has 1 N–H and O–H groups in total. The maximum atomic E-state index is 12.8. The zero-order valence-electron chi connectivity index (χ0n) is 24.5. The summed E-state index contributed by atoms with van der Waals surface area (Å²) in [7, 11) is 1.96. The Hall–Kier alpha value is -2.94. The molecule has 3 aromatic heterocycles. The van der Waals surface area contributed by atoms with E-state index in [-0.39, 0.29) is 5.54 Å². The summed E-state index contributed by atoms with van der Waals surface area (Å²) < 4.78 is 4.25. The summed E-state index contributed by atoms with van der Waals surface area (Å²) >= 11 is 0. The zero-order chi connectivity index (χ0) is 27.5. The number of amides is 1. The van der Waals surface area contributed by atoms with Gasteiger partial charge in [0, 0.05) is 68.7 Å². The number of fused-ring (bicyclic) bond motifs is 5. The second-order valence-electron chi connectivity index (χ2n) is 13.2. The van der Waals surface area contributed by atoms with Gasteiger partial charge in [0.2, 0.25) is 5.91 Å². The van der Waals surface area contributed by atoms with E-state index in [9.17, 15) is 4.79 Å². The predicted molar refractivity (Wildman–Crippen MR) is 156 cm³/mol. The largest absolute Gasteiger partial charge is 0.366 e. The molecule has 8 rings (SSSR count). The minimum absolute atomic E-state index is 0.160. The van der Waals surface area contributed by atoms with E-state index < -0.39 is 0 Å². The molecule has 4 fully saturated rings. The second-order valence-corrected chi connectivity index (χ2v) is 13.2. The number of rotatable bonds is 6. The van der Waals surface area contributed by atoms with Crippen molar-refractivity contribution < 1.29 is 4.79 Å². The van der Waals surface area contributed by atoms with Crippen LogP contribution in [0.15, 0.2) is 12.3 Å². The van der Waals surface area contributed by atoms with Crippen LogP contribution in [-0.4, -0.2) is 67.1 Å². The number of likely N-dealkylation sites (tertiary alicyclic amines) is 1. The van der Waals surface area contributed by atoms with E-state index in [1.807, 2.05) is 17.9 Å². The number of nitrogens with zero attached hydrogens (tertiary/aromatic N) is 7. The lowest BCUT2D eigenvalue weighted by molar-refractivity contribution is -0.132. The predicted octanol–water partition coefficient (Wildman–Crippen LogP) is 4.04. The third kappa shape index (κ3) is 4.50. The molecule has 5 heterocycles. The lowest BCUT2D eigenvalue weighted by atomic mass is 9.57. The molecular weight excluding hydrogens is 500 g/mol. The summed E-state index contributed by atoms with van der Waals surface area (Å²) in [5.41, 5.74) is 7.71. The number of aromatic nitrogens is 5. The highest BCUT2D eigenvalue weighted by Gasteiger charge is 2.49. The first-order valence-electron chi connectivity index (χ1n) is 15.5. The fourth-order valence-electron chi connectivity index (χ4n) is 8.08. The van der Waals surface area contributed by atoms with E-state index in [4.69, 9.17) is 10.1 Å². The first-order chi connectivity index (χ1) is 19.3. The Bertz CT molecular complexity index is 1410. The molecule has 2 bridgehead atoms. The Morgan fingerprint density at radius 1 is 1.02 bits per heavy atom. The maximum absolute atomic E-state index is 12.8. The number of aryl methyl sites for hydroxylation is 3. The molecular formula is C31H44N8O. The van der Waals surface area contributed by atoms with E-state index in [1.165, 1.54) is 67.6 Å². The summed E-state index contributed by atoms with van der Waals surface area (Å²) in [6.07, 6.45) is 13.8. The molecule has 0 aromatic carbocycles. The van der Waals surface area contributed by atoms with Crippen LogP contribution in [0, 0.1) is 19.3 Å². The van der Waals surface area contributed by atoms with Crippen molar-refractivity contribution in [2.24, 2.45) is 12.5 Å². The Morgan fingerprint density at radius 2 is 1.77 bits per heavy atom. The molecule has 1 saturated heterocycles.